The molecule has 0 aliphatic carbocycles. The van der Waals surface area contributed by atoms with Gasteiger partial charge in [0.15, 0.2) is 6.61 Å². The zero-order chi connectivity index (χ0) is 15.1. The lowest BCUT2D eigenvalue weighted by atomic mass is 10.2. The number of anilines is 1. The Morgan fingerprint density at radius 1 is 1.15 bits per heavy atom. The largest absolute Gasteiger partial charge is 0.456 e. The number of esters is 1. The van der Waals surface area contributed by atoms with Gasteiger partial charge in [-0.05, 0) is 24.3 Å². The summed E-state index contributed by atoms with van der Waals surface area (Å²) in [6, 6.07) is 6.48. The predicted molar refractivity (Wildman–Crippen MR) is 74.3 cm³/mol. The summed E-state index contributed by atoms with van der Waals surface area (Å²) < 4.78 is 4.71. The maximum atomic E-state index is 11.7. The number of nitrogens with zero attached hydrogens (tertiary/aromatic N) is 1. The molecule has 20 heavy (non-hydrogen) atoms. The van der Waals surface area contributed by atoms with E-state index in [1.165, 1.54) is 4.90 Å². The number of hydrogen-bond acceptors (Lipinski definition) is 4. The third-order valence-corrected chi connectivity index (χ3v) is 2.47. The second-order valence-corrected chi connectivity index (χ2v) is 4.34. The maximum Gasteiger partial charge on any atom is 0.306 e. The third kappa shape index (κ3) is 4.72. The number of carbonyl (C=O) groups excluding carboxylic acids is 3. The number of nitrogens with one attached hydrogen (secondary N) is 1. The summed E-state index contributed by atoms with van der Waals surface area (Å²) in [7, 11) is 3.33. The van der Waals surface area contributed by atoms with Crippen LogP contribution in [-0.2, 0) is 14.3 Å². The van der Waals surface area contributed by atoms with Crippen molar-refractivity contribution >= 4 is 23.5 Å². The molecule has 6 nitrogen and oxygen atoms in total. The van der Waals surface area contributed by atoms with Crippen molar-refractivity contribution in [2.45, 2.75) is 13.3 Å². The van der Waals surface area contributed by atoms with Gasteiger partial charge >= 0.3 is 5.97 Å². The second-order valence-electron chi connectivity index (χ2n) is 4.34. The molecule has 2 amide bonds. The first-order chi connectivity index (χ1) is 9.43. The van der Waals surface area contributed by atoms with E-state index in [1.807, 2.05) is 0 Å². The number of rotatable bonds is 5. The SMILES string of the molecule is CCC(=O)OCC(=O)Nc1ccc(C(=O)N(C)C)cc1. The zero-order valence-electron chi connectivity index (χ0n) is 11.8. The molecular weight excluding hydrogens is 260 g/mol. The predicted octanol–water partition coefficient (Wildman–Crippen LogP) is 1.28. The molecule has 1 aromatic rings. The Balaban J connectivity index is 2.55. The van der Waals surface area contributed by atoms with E-state index < -0.39 is 11.9 Å². The van der Waals surface area contributed by atoms with Gasteiger partial charge in [0, 0.05) is 31.8 Å². The smallest absolute Gasteiger partial charge is 0.306 e. The van der Waals surface area contributed by atoms with Gasteiger partial charge in [-0.25, -0.2) is 0 Å². The normalized spacial score (nSPS) is 9.75. The highest BCUT2D eigenvalue weighted by Gasteiger charge is 2.09. The maximum absolute atomic E-state index is 11.7. The van der Waals surface area contributed by atoms with Crippen molar-refractivity contribution in [1.82, 2.24) is 4.90 Å². The van der Waals surface area contributed by atoms with Crippen LogP contribution in [0.4, 0.5) is 5.69 Å². The molecule has 0 aliphatic rings. The Morgan fingerprint density at radius 2 is 1.75 bits per heavy atom. The van der Waals surface area contributed by atoms with Crippen molar-refractivity contribution in [2.75, 3.05) is 26.0 Å². The van der Waals surface area contributed by atoms with Crippen molar-refractivity contribution < 1.29 is 19.1 Å². The molecule has 0 aliphatic heterocycles. The summed E-state index contributed by atoms with van der Waals surface area (Å²) in [5.74, 6) is -0.953. The molecule has 1 rings (SSSR count). The summed E-state index contributed by atoms with van der Waals surface area (Å²) in [4.78, 5) is 35.5. The van der Waals surface area contributed by atoms with Gasteiger partial charge in [-0.3, -0.25) is 14.4 Å². The molecule has 0 saturated heterocycles. The molecule has 1 aromatic carbocycles. The van der Waals surface area contributed by atoms with Gasteiger partial charge < -0.3 is 15.0 Å². The van der Waals surface area contributed by atoms with Crippen molar-refractivity contribution in [1.29, 1.82) is 0 Å². The van der Waals surface area contributed by atoms with Gasteiger partial charge in [0.1, 0.15) is 0 Å². The van der Waals surface area contributed by atoms with E-state index in [9.17, 15) is 14.4 Å². The van der Waals surface area contributed by atoms with Crippen molar-refractivity contribution in [3.8, 4) is 0 Å². The Hall–Kier alpha value is -2.37. The van der Waals surface area contributed by atoms with Crippen LogP contribution in [0.15, 0.2) is 24.3 Å². The first-order valence-electron chi connectivity index (χ1n) is 6.21. The Bertz CT molecular complexity index is 494. The molecule has 0 radical (unpaired) electrons. The number of benzene rings is 1. The first kappa shape index (κ1) is 15.7. The average Bonchev–Trinajstić information content (AvgIpc) is 2.44. The minimum atomic E-state index is -0.424. The first-order valence-corrected chi connectivity index (χ1v) is 6.21. The third-order valence-electron chi connectivity index (χ3n) is 2.47. The van der Waals surface area contributed by atoms with Gasteiger partial charge in [-0.1, -0.05) is 6.92 Å². The van der Waals surface area contributed by atoms with Crippen LogP contribution in [0.25, 0.3) is 0 Å². The second kappa shape index (κ2) is 7.28. The molecule has 0 atom stereocenters. The monoisotopic (exact) mass is 278 g/mol. The van der Waals surface area contributed by atoms with Crippen molar-refractivity contribution in [3.63, 3.8) is 0 Å². The molecular formula is C14H18N2O4. The summed E-state index contributed by atoms with van der Waals surface area (Å²) in [5, 5.41) is 2.58. The molecule has 1 N–H and O–H groups in total. The van der Waals surface area contributed by atoms with Gasteiger partial charge in [0.25, 0.3) is 11.8 Å². The van der Waals surface area contributed by atoms with Crippen LogP contribution in [0.3, 0.4) is 0 Å². The molecule has 108 valence electrons. The van der Waals surface area contributed by atoms with E-state index in [0.717, 1.165) is 0 Å². The zero-order valence-corrected chi connectivity index (χ0v) is 11.8. The standard InChI is InChI=1S/C14H18N2O4/c1-4-13(18)20-9-12(17)15-11-7-5-10(6-8-11)14(19)16(2)3/h5-8H,4,9H2,1-3H3,(H,15,17). The minimum absolute atomic E-state index is 0.111. The summed E-state index contributed by atoms with van der Waals surface area (Å²) in [6.07, 6.45) is 0.231. The van der Waals surface area contributed by atoms with E-state index in [1.54, 1.807) is 45.3 Å². The number of ether oxygens (including phenoxy) is 1. The fourth-order valence-corrected chi connectivity index (χ4v) is 1.40. The quantitative estimate of drug-likeness (QED) is 0.823. The lowest BCUT2D eigenvalue weighted by Gasteiger charge is -2.11. The molecule has 0 bridgehead atoms. The van der Waals surface area contributed by atoms with E-state index in [2.05, 4.69) is 5.32 Å². The molecule has 0 aromatic heterocycles. The van der Waals surface area contributed by atoms with Crippen LogP contribution in [0.2, 0.25) is 0 Å². The van der Waals surface area contributed by atoms with Crippen LogP contribution in [-0.4, -0.2) is 43.4 Å². The molecule has 6 heteroatoms. The topological polar surface area (TPSA) is 75.7 Å². The van der Waals surface area contributed by atoms with Crippen LogP contribution in [0.5, 0.6) is 0 Å². The highest BCUT2D eigenvalue weighted by Crippen LogP contribution is 2.10. The lowest BCUT2D eigenvalue weighted by molar-refractivity contribution is -0.146. The molecule has 0 saturated carbocycles. The number of carbonyl (C=O) groups is 3. The highest BCUT2D eigenvalue weighted by molar-refractivity contribution is 5.96. The molecule has 0 heterocycles. The minimum Gasteiger partial charge on any atom is -0.456 e. The van der Waals surface area contributed by atoms with Gasteiger partial charge in [-0.2, -0.15) is 0 Å². The van der Waals surface area contributed by atoms with Crippen LogP contribution in [0, 0.1) is 0 Å². The van der Waals surface area contributed by atoms with E-state index in [-0.39, 0.29) is 18.9 Å². The van der Waals surface area contributed by atoms with Crippen molar-refractivity contribution in [2.24, 2.45) is 0 Å². The summed E-state index contributed by atoms with van der Waals surface area (Å²) in [5.41, 5.74) is 1.07. The fraction of sp³-hybridized carbons (Fsp3) is 0.357. The average molecular weight is 278 g/mol. The van der Waals surface area contributed by atoms with E-state index >= 15 is 0 Å². The van der Waals surface area contributed by atoms with E-state index in [0.29, 0.717) is 11.3 Å². The van der Waals surface area contributed by atoms with Crippen molar-refractivity contribution in [3.05, 3.63) is 29.8 Å². The van der Waals surface area contributed by atoms with E-state index in [4.69, 9.17) is 4.74 Å². The van der Waals surface area contributed by atoms with Crippen LogP contribution >= 0.6 is 0 Å². The molecule has 0 spiro atoms. The molecule has 0 unspecified atom stereocenters. The Labute approximate surface area is 117 Å². The number of hydrogen-bond donors (Lipinski definition) is 1. The van der Waals surface area contributed by atoms with Gasteiger partial charge in [-0.15, -0.1) is 0 Å². The van der Waals surface area contributed by atoms with Crippen LogP contribution in [0.1, 0.15) is 23.7 Å². The Morgan fingerprint density at radius 3 is 2.25 bits per heavy atom. The summed E-state index contributed by atoms with van der Waals surface area (Å²) in [6.45, 7) is 1.34. The highest BCUT2D eigenvalue weighted by atomic mass is 16.5. The van der Waals surface area contributed by atoms with Crippen LogP contribution < -0.4 is 5.32 Å². The Kier molecular flexibility index (Phi) is 5.71. The summed E-state index contributed by atoms with van der Waals surface area (Å²) >= 11 is 0. The van der Waals surface area contributed by atoms with Gasteiger partial charge in [0.2, 0.25) is 0 Å². The molecule has 0 fully saturated rings. The van der Waals surface area contributed by atoms with Gasteiger partial charge in [0.05, 0.1) is 0 Å². The fourth-order valence-electron chi connectivity index (χ4n) is 1.40. The lowest BCUT2D eigenvalue weighted by Crippen LogP contribution is -2.22. The number of amides is 2.